The van der Waals surface area contributed by atoms with Crippen molar-refractivity contribution in [1.29, 1.82) is 0 Å². The van der Waals surface area contributed by atoms with Gasteiger partial charge in [-0.25, -0.2) is 0 Å². The van der Waals surface area contributed by atoms with Gasteiger partial charge in [-0.1, -0.05) is 6.42 Å². The minimum absolute atomic E-state index is 0.189. The van der Waals surface area contributed by atoms with Crippen molar-refractivity contribution in [3.63, 3.8) is 0 Å². The van der Waals surface area contributed by atoms with Crippen LogP contribution in [0, 0.1) is 6.92 Å². The van der Waals surface area contributed by atoms with Crippen LogP contribution in [0.1, 0.15) is 41.8 Å². The number of aryl methyl sites for hydroxylation is 1. The molecule has 0 aliphatic heterocycles. The summed E-state index contributed by atoms with van der Waals surface area (Å²) in [6.45, 7) is 2.41. The second-order valence-electron chi connectivity index (χ2n) is 4.08. The fourth-order valence-corrected chi connectivity index (χ4v) is 1.56. The molecule has 100 valence electrons. The summed E-state index contributed by atoms with van der Waals surface area (Å²) >= 11 is 0. The molecule has 0 aliphatic rings. The molecule has 1 rings (SSSR count). The predicted octanol–water partition coefficient (Wildman–Crippen LogP) is 2.05. The third kappa shape index (κ3) is 4.61. The van der Waals surface area contributed by atoms with Crippen LogP contribution in [-0.4, -0.2) is 25.5 Å². The molecule has 1 N–H and O–H groups in total. The summed E-state index contributed by atoms with van der Waals surface area (Å²) in [6.07, 6.45) is 4.43. The Labute approximate surface area is 106 Å². The molecule has 0 unspecified atom stereocenters. The topological polar surface area (TPSA) is 68.5 Å². The van der Waals surface area contributed by atoms with Gasteiger partial charge in [0.2, 0.25) is 0 Å². The Kier molecular flexibility index (Phi) is 5.97. The van der Waals surface area contributed by atoms with E-state index in [0.717, 1.165) is 24.8 Å². The molecule has 0 saturated heterocycles. The van der Waals surface area contributed by atoms with E-state index in [9.17, 15) is 9.59 Å². The number of carbonyl (C=O) groups excluding carboxylic acids is 2. The van der Waals surface area contributed by atoms with Crippen molar-refractivity contribution in [3.05, 3.63) is 23.7 Å². The number of carbonyl (C=O) groups is 2. The molecule has 5 nitrogen and oxygen atoms in total. The number of esters is 1. The lowest BCUT2D eigenvalue weighted by atomic mass is 10.2. The Bertz CT molecular complexity index is 397. The number of unbranched alkanes of at least 4 members (excludes halogenated alkanes) is 2. The summed E-state index contributed by atoms with van der Waals surface area (Å²) in [5, 5.41) is 2.78. The first-order valence-corrected chi connectivity index (χ1v) is 6.04. The van der Waals surface area contributed by atoms with Crippen molar-refractivity contribution in [2.24, 2.45) is 0 Å². The summed E-state index contributed by atoms with van der Waals surface area (Å²) in [6, 6.07) is 1.76. The van der Waals surface area contributed by atoms with Gasteiger partial charge in [0.1, 0.15) is 0 Å². The molecule has 0 fully saturated rings. The van der Waals surface area contributed by atoms with Crippen molar-refractivity contribution >= 4 is 11.9 Å². The zero-order valence-electron chi connectivity index (χ0n) is 10.8. The third-order valence-electron chi connectivity index (χ3n) is 2.64. The van der Waals surface area contributed by atoms with Crippen LogP contribution in [0.15, 0.2) is 16.7 Å². The molecule has 1 aromatic heterocycles. The molecule has 1 aromatic rings. The lowest BCUT2D eigenvalue weighted by molar-refractivity contribution is -0.140. The van der Waals surface area contributed by atoms with Gasteiger partial charge in [-0.2, -0.15) is 0 Å². The second kappa shape index (κ2) is 7.53. The number of hydrogen-bond acceptors (Lipinski definition) is 4. The number of nitrogens with one attached hydrogen (secondary N) is 1. The van der Waals surface area contributed by atoms with Crippen molar-refractivity contribution in [1.82, 2.24) is 5.32 Å². The molecule has 18 heavy (non-hydrogen) atoms. The van der Waals surface area contributed by atoms with Crippen LogP contribution in [0.4, 0.5) is 0 Å². The molecule has 5 heteroatoms. The van der Waals surface area contributed by atoms with Gasteiger partial charge in [-0.15, -0.1) is 0 Å². The SMILES string of the molecule is COC(=O)CCCCCNC(=O)c1occc1C. The van der Waals surface area contributed by atoms with Crippen molar-refractivity contribution in [2.45, 2.75) is 32.6 Å². The molecule has 1 amide bonds. The van der Waals surface area contributed by atoms with Gasteiger partial charge in [0.15, 0.2) is 5.76 Å². The normalized spacial score (nSPS) is 10.1. The van der Waals surface area contributed by atoms with E-state index in [-0.39, 0.29) is 11.9 Å². The molecule has 0 spiro atoms. The van der Waals surface area contributed by atoms with Crippen LogP contribution in [0.5, 0.6) is 0 Å². The molecule has 1 heterocycles. The highest BCUT2D eigenvalue weighted by atomic mass is 16.5. The minimum Gasteiger partial charge on any atom is -0.469 e. The highest BCUT2D eigenvalue weighted by Gasteiger charge is 2.11. The van der Waals surface area contributed by atoms with Crippen molar-refractivity contribution in [3.8, 4) is 0 Å². The molecule has 0 aliphatic carbocycles. The standard InChI is InChI=1S/C13H19NO4/c1-10-7-9-18-12(10)13(16)14-8-5-3-4-6-11(15)17-2/h7,9H,3-6,8H2,1-2H3,(H,14,16). The largest absolute Gasteiger partial charge is 0.469 e. The maximum absolute atomic E-state index is 11.6. The molecular formula is C13H19NO4. The monoisotopic (exact) mass is 253 g/mol. The van der Waals surface area contributed by atoms with E-state index < -0.39 is 0 Å². The van der Waals surface area contributed by atoms with Crippen molar-refractivity contribution < 1.29 is 18.7 Å². The Morgan fingerprint density at radius 3 is 2.72 bits per heavy atom. The van der Waals surface area contributed by atoms with Gasteiger partial charge in [0.05, 0.1) is 13.4 Å². The van der Waals surface area contributed by atoms with E-state index in [1.165, 1.54) is 13.4 Å². The van der Waals surface area contributed by atoms with Crippen LogP contribution >= 0.6 is 0 Å². The maximum atomic E-state index is 11.6. The average Bonchev–Trinajstić information content (AvgIpc) is 2.79. The molecule has 0 radical (unpaired) electrons. The lowest BCUT2D eigenvalue weighted by Gasteiger charge is -2.03. The zero-order valence-corrected chi connectivity index (χ0v) is 10.8. The highest BCUT2D eigenvalue weighted by molar-refractivity contribution is 5.92. The van der Waals surface area contributed by atoms with Crippen LogP contribution in [-0.2, 0) is 9.53 Å². The number of rotatable bonds is 7. The first kappa shape index (κ1) is 14.3. The summed E-state index contributed by atoms with van der Waals surface area (Å²) in [4.78, 5) is 22.5. The third-order valence-corrected chi connectivity index (χ3v) is 2.64. The fraction of sp³-hybridized carbons (Fsp3) is 0.538. The van der Waals surface area contributed by atoms with Gasteiger partial charge in [-0.05, 0) is 25.8 Å². The van der Waals surface area contributed by atoms with E-state index in [2.05, 4.69) is 10.1 Å². The predicted molar refractivity (Wildman–Crippen MR) is 66.3 cm³/mol. The Hall–Kier alpha value is -1.78. The first-order chi connectivity index (χ1) is 8.65. The summed E-state index contributed by atoms with van der Waals surface area (Å²) < 4.78 is 9.61. The quantitative estimate of drug-likeness (QED) is 0.596. The average molecular weight is 253 g/mol. The molecule has 0 bridgehead atoms. The molecule has 0 atom stereocenters. The Morgan fingerprint density at radius 2 is 2.11 bits per heavy atom. The number of hydrogen-bond donors (Lipinski definition) is 1. The number of furan rings is 1. The van der Waals surface area contributed by atoms with Gasteiger partial charge >= 0.3 is 5.97 Å². The highest BCUT2D eigenvalue weighted by Crippen LogP contribution is 2.08. The van der Waals surface area contributed by atoms with Gasteiger partial charge in [0, 0.05) is 18.5 Å². The molecule has 0 aromatic carbocycles. The van der Waals surface area contributed by atoms with Crippen LogP contribution in [0.25, 0.3) is 0 Å². The summed E-state index contributed by atoms with van der Waals surface area (Å²) in [5.74, 6) is -0.0136. The maximum Gasteiger partial charge on any atom is 0.305 e. The number of methoxy groups -OCH3 is 1. The first-order valence-electron chi connectivity index (χ1n) is 6.04. The van der Waals surface area contributed by atoms with E-state index in [1.54, 1.807) is 6.07 Å². The van der Waals surface area contributed by atoms with E-state index in [4.69, 9.17) is 4.42 Å². The van der Waals surface area contributed by atoms with Gasteiger partial charge in [0.25, 0.3) is 5.91 Å². The van der Waals surface area contributed by atoms with E-state index in [0.29, 0.717) is 18.7 Å². The van der Waals surface area contributed by atoms with Gasteiger partial charge in [-0.3, -0.25) is 9.59 Å². The van der Waals surface area contributed by atoms with Crippen LogP contribution in [0.2, 0.25) is 0 Å². The van der Waals surface area contributed by atoms with Crippen molar-refractivity contribution in [2.75, 3.05) is 13.7 Å². The summed E-state index contributed by atoms with van der Waals surface area (Å²) in [5.41, 5.74) is 0.832. The number of amides is 1. The zero-order chi connectivity index (χ0) is 13.4. The van der Waals surface area contributed by atoms with E-state index in [1.807, 2.05) is 6.92 Å². The lowest BCUT2D eigenvalue weighted by Crippen LogP contribution is -2.24. The summed E-state index contributed by atoms with van der Waals surface area (Å²) in [7, 11) is 1.38. The fourth-order valence-electron chi connectivity index (χ4n) is 1.56. The molecular weight excluding hydrogens is 234 g/mol. The second-order valence-corrected chi connectivity index (χ2v) is 4.08. The smallest absolute Gasteiger partial charge is 0.305 e. The van der Waals surface area contributed by atoms with Gasteiger partial charge < -0.3 is 14.5 Å². The Morgan fingerprint density at radius 1 is 1.33 bits per heavy atom. The molecule has 0 saturated carbocycles. The van der Waals surface area contributed by atoms with Crippen LogP contribution in [0.3, 0.4) is 0 Å². The Balaban J connectivity index is 2.10. The van der Waals surface area contributed by atoms with E-state index >= 15 is 0 Å². The number of ether oxygens (including phenoxy) is 1. The van der Waals surface area contributed by atoms with Crippen LogP contribution < -0.4 is 5.32 Å². The minimum atomic E-state index is -0.190.